The number of fused-ring (bicyclic) bond motifs is 3. The molecule has 0 fully saturated rings. The van der Waals surface area contributed by atoms with Crippen LogP contribution in [0.15, 0.2) is 58.5 Å². The number of anilines is 1. The molecule has 0 atom stereocenters. The van der Waals surface area contributed by atoms with Crippen molar-refractivity contribution in [2.75, 3.05) is 10.7 Å². The van der Waals surface area contributed by atoms with E-state index in [1.54, 1.807) is 39.0 Å². The zero-order chi connectivity index (χ0) is 25.4. The highest BCUT2D eigenvalue weighted by Crippen LogP contribution is 2.36. The van der Waals surface area contributed by atoms with Crippen molar-refractivity contribution >= 4 is 68.1 Å². The second-order valence-electron chi connectivity index (χ2n) is 9.00. The molecule has 0 saturated carbocycles. The summed E-state index contributed by atoms with van der Waals surface area (Å²) < 4.78 is 1.54. The van der Waals surface area contributed by atoms with E-state index in [9.17, 15) is 9.59 Å². The van der Waals surface area contributed by atoms with Crippen molar-refractivity contribution in [2.45, 2.75) is 50.7 Å². The van der Waals surface area contributed by atoms with Gasteiger partial charge in [-0.1, -0.05) is 53.2 Å². The minimum Gasteiger partial charge on any atom is -0.309 e. The molecule has 186 valence electrons. The maximum absolute atomic E-state index is 14.0. The summed E-state index contributed by atoms with van der Waals surface area (Å²) in [7, 11) is 0. The number of benzene rings is 2. The van der Waals surface area contributed by atoms with Crippen molar-refractivity contribution < 1.29 is 4.79 Å². The van der Waals surface area contributed by atoms with E-state index in [1.807, 2.05) is 44.2 Å². The van der Waals surface area contributed by atoms with Crippen molar-refractivity contribution in [2.24, 2.45) is 0 Å². The van der Waals surface area contributed by atoms with Gasteiger partial charge in [0.25, 0.3) is 5.56 Å². The van der Waals surface area contributed by atoms with Gasteiger partial charge < -0.3 is 4.90 Å². The molecule has 0 radical (unpaired) electrons. The quantitative estimate of drug-likeness (QED) is 0.186. The zero-order valence-corrected chi connectivity index (χ0v) is 23.1. The second kappa shape index (κ2) is 10.6. The Bertz CT molecular complexity index is 1500. The number of carbonyl (C=O) groups excluding carboxylic acids is 1. The van der Waals surface area contributed by atoms with Crippen molar-refractivity contribution in [3.63, 3.8) is 0 Å². The Labute approximate surface area is 228 Å². The van der Waals surface area contributed by atoms with Crippen LogP contribution in [0.1, 0.15) is 37.1 Å². The van der Waals surface area contributed by atoms with Gasteiger partial charge in [-0.3, -0.25) is 14.2 Å². The average molecular weight is 559 g/mol. The highest BCUT2D eigenvalue weighted by Gasteiger charge is 2.25. The molecule has 2 aromatic heterocycles. The van der Waals surface area contributed by atoms with Crippen LogP contribution in [0.2, 0.25) is 10.0 Å². The first-order chi connectivity index (χ1) is 17.3. The molecule has 0 spiro atoms. The van der Waals surface area contributed by atoms with Crippen LogP contribution in [-0.2, 0) is 17.6 Å². The molecule has 4 aromatic rings. The molecule has 5 nitrogen and oxygen atoms in total. The molecule has 0 N–H and O–H groups in total. The summed E-state index contributed by atoms with van der Waals surface area (Å²) in [6, 6.07) is 14.6. The molecule has 5 rings (SSSR count). The van der Waals surface area contributed by atoms with Crippen LogP contribution < -0.4 is 10.5 Å². The third-order valence-electron chi connectivity index (χ3n) is 6.25. The first kappa shape index (κ1) is 25.3. The van der Waals surface area contributed by atoms with Crippen LogP contribution in [0.4, 0.5) is 5.69 Å². The maximum Gasteiger partial charge on any atom is 0.267 e. The number of hydrogen-bond acceptors (Lipinski definition) is 5. The first-order valence-corrected chi connectivity index (χ1v) is 14.4. The third-order valence-corrected chi connectivity index (χ3v) is 8.90. The normalized spacial score (nSPS) is 13.2. The zero-order valence-electron chi connectivity index (χ0n) is 20.0. The van der Waals surface area contributed by atoms with Crippen LogP contribution in [0, 0.1) is 0 Å². The summed E-state index contributed by atoms with van der Waals surface area (Å²) >= 11 is 15.5. The van der Waals surface area contributed by atoms with Gasteiger partial charge in [0.1, 0.15) is 4.83 Å². The molecule has 2 heterocycles. The second-order valence-corrected chi connectivity index (χ2v) is 11.9. The van der Waals surface area contributed by atoms with Gasteiger partial charge in [-0.2, -0.15) is 0 Å². The van der Waals surface area contributed by atoms with E-state index < -0.39 is 0 Å². The van der Waals surface area contributed by atoms with E-state index in [2.05, 4.69) is 0 Å². The lowest BCUT2D eigenvalue weighted by molar-refractivity contribution is -0.116. The van der Waals surface area contributed by atoms with E-state index in [4.69, 9.17) is 28.2 Å². The van der Waals surface area contributed by atoms with Gasteiger partial charge >= 0.3 is 0 Å². The molecular weight excluding hydrogens is 533 g/mol. The number of para-hydroxylation sites is 1. The summed E-state index contributed by atoms with van der Waals surface area (Å²) in [5.74, 6) is 0.0659. The summed E-state index contributed by atoms with van der Waals surface area (Å²) in [4.78, 5) is 36.0. The fourth-order valence-electron chi connectivity index (χ4n) is 4.67. The molecule has 2 aromatic carbocycles. The van der Waals surface area contributed by atoms with Crippen LogP contribution >= 0.6 is 46.3 Å². The minimum absolute atomic E-state index is 0.0205. The predicted molar refractivity (Wildman–Crippen MR) is 152 cm³/mol. The van der Waals surface area contributed by atoms with E-state index in [0.717, 1.165) is 41.8 Å². The molecule has 0 aliphatic heterocycles. The summed E-state index contributed by atoms with van der Waals surface area (Å²) in [6.45, 7) is 3.97. The van der Waals surface area contributed by atoms with Crippen molar-refractivity contribution in [3.05, 3.63) is 79.4 Å². The van der Waals surface area contributed by atoms with Gasteiger partial charge in [-0.15, -0.1) is 11.3 Å². The van der Waals surface area contributed by atoms with Crippen molar-refractivity contribution in [1.29, 1.82) is 0 Å². The molecule has 0 bridgehead atoms. The number of carbonyl (C=O) groups is 1. The highest BCUT2D eigenvalue weighted by atomic mass is 35.5. The number of aromatic nitrogens is 2. The number of thiophene rings is 1. The van der Waals surface area contributed by atoms with Gasteiger partial charge in [0.15, 0.2) is 5.16 Å². The Hall–Kier alpha value is -2.32. The standard InChI is InChI=1S/C27H25Cl2N3O2S2/c1-16(2)31(18-8-4-3-5-9-18)23(33)15-35-27-30-25-24(19-10-6-7-11-22(19)36-25)26(34)32(27)21-13-12-17(28)14-20(21)29/h3-5,8-9,12-14,16H,6-7,10-11,15H2,1-2H3. The lowest BCUT2D eigenvalue weighted by atomic mass is 9.97. The Morgan fingerprint density at radius 1 is 1.14 bits per heavy atom. The lowest BCUT2D eigenvalue weighted by Crippen LogP contribution is -2.38. The number of nitrogens with zero attached hydrogens (tertiary/aromatic N) is 3. The van der Waals surface area contributed by atoms with Gasteiger partial charge in [-0.05, 0) is 75.4 Å². The fraction of sp³-hybridized carbons (Fsp3) is 0.296. The summed E-state index contributed by atoms with van der Waals surface area (Å²) in [5, 5.41) is 1.96. The highest BCUT2D eigenvalue weighted by molar-refractivity contribution is 7.99. The van der Waals surface area contributed by atoms with E-state index in [1.165, 1.54) is 16.6 Å². The molecule has 1 amide bonds. The van der Waals surface area contributed by atoms with Crippen LogP contribution in [0.5, 0.6) is 0 Å². The monoisotopic (exact) mass is 557 g/mol. The Morgan fingerprint density at radius 3 is 2.61 bits per heavy atom. The van der Waals surface area contributed by atoms with Crippen LogP contribution in [-0.4, -0.2) is 27.3 Å². The molecule has 1 aliphatic rings. The Kier molecular flexibility index (Phi) is 7.45. The topological polar surface area (TPSA) is 55.2 Å². The number of hydrogen-bond donors (Lipinski definition) is 0. The molecular formula is C27H25Cl2N3O2S2. The van der Waals surface area contributed by atoms with E-state index in [0.29, 0.717) is 26.3 Å². The first-order valence-electron chi connectivity index (χ1n) is 11.9. The lowest BCUT2D eigenvalue weighted by Gasteiger charge is -2.27. The number of halogens is 2. The largest absolute Gasteiger partial charge is 0.309 e. The van der Waals surface area contributed by atoms with E-state index >= 15 is 0 Å². The number of amides is 1. The van der Waals surface area contributed by atoms with Crippen molar-refractivity contribution in [1.82, 2.24) is 9.55 Å². The van der Waals surface area contributed by atoms with Gasteiger partial charge in [0.05, 0.1) is 21.8 Å². The van der Waals surface area contributed by atoms with Crippen molar-refractivity contribution in [3.8, 4) is 5.69 Å². The van der Waals surface area contributed by atoms with E-state index in [-0.39, 0.29) is 23.3 Å². The SMILES string of the molecule is CC(C)N(C(=O)CSc1nc2sc3c(c2c(=O)n1-c1ccc(Cl)cc1Cl)CCCC3)c1ccccc1. The van der Waals surface area contributed by atoms with Crippen LogP contribution in [0.3, 0.4) is 0 Å². The van der Waals surface area contributed by atoms with Gasteiger partial charge in [-0.25, -0.2) is 4.98 Å². The Morgan fingerprint density at radius 2 is 1.89 bits per heavy atom. The molecule has 0 saturated heterocycles. The van der Waals surface area contributed by atoms with Crippen LogP contribution in [0.25, 0.3) is 15.9 Å². The molecule has 9 heteroatoms. The smallest absolute Gasteiger partial charge is 0.267 e. The van der Waals surface area contributed by atoms with Gasteiger partial charge in [0.2, 0.25) is 5.91 Å². The maximum atomic E-state index is 14.0. The summed E-state index contributed by atoms with van der Waals surface area (Å²) in [6.07, 6.45) is 4.04. The summed E-state index contributed by atoms with van der Waals surface area (Å²) in [5.41, 5.74) is 2.31. The predicted octanol–water partition coefficient (Wildman–Crippen LogP) is 7.17. The number of aryl methyl sites for hydroxylation is 2. The fourth-order valence-corrected chi connectivity index (χ4v) is 7.33. The average Bonchev–Trinajstić information content (AvgIpc) is 3.23. The Balaban J connectivity index is 1.59. The molecule has 1 aliphatic carbocycles. The molecule has 36 heavy (non-hydrogen) atoms. The number of thioether (sulfide) groups is 1. The number of rotatable bonds is 6. The third kappa shape index (κ3) is 4.82. The molecule has 0 unspecified atom stereocenters. The van der Waals surface area contributed by atoms with Gasteiger partial charge in [0, 0.05) is 21.6 Å². The minimum atomic E-state index is -0.151.